The van der Waals surface area contributed by atoms with Crippen LogP contribution in [0.1, 0.15) is 21.7 Å². The molecule has 21 heavy (non-hydrogen) atoms. The first-order valence-electron chi connectivity index (χ1n) is 6.18. The van der Waals surface area contributed by atoms with Crippen molar-refractivity contribution in [1.29, 1.82) is 0 Å². The first-order chi connectivity index (χ1) is 9.90. The number of carboxylic acids is 1. The molecule has 0 aromatic carbocycles. The van der Waals surface area contributed by atoms with Crippen LogP contribution in [-0.2, 0) is 23.5 Å². The lowest BCUT2D eigenvalue weighted by molar-refractivity contribution is 0.0698. The summed E-state index contributed by atoms with van der Waals surface area (Å²) in [5.74, 6) is -1.24. The fraction of sp³-hybridized carbons (Fsp3) is 0.333. The van der Waals surface area contributed by atoms with Gasteiger partial charge in [-0.2, -0.15) is 5.10 Å². The van der Waals surface area contributed by atoms with E-state index in [2.05, 4.69) is 9.82 Å². The summed E-state index contributed by atoms with van der Waals surface area (Å²) in [4.78, 5) is 10.6. The van der Waals surface area contributed by atoms with E-state index in [-0.39, 0.29) is 16.3 Å². The predicted molar refractivity (Wildman–Crippen MR) is 78.0 cm³/mol. The summed E-state index contributed by atoms with van der Waals surface area (Å²) >= 11 is 0.894. The Morgan fingerprint density at radius 2 is 2.29 bits per heavy atom. The van der Waals surface area contributed by atoms with Crippen molar-refractivity contribution in [2.45, 2.75) is 17.7 Å². The molecule has 0 saturated carbocycles. The van der Waals surface area contributed by atoms with Gasteiger partial charge in [-0.1, -0.05) is 0 Å². The van der Waals surface area contributed by atoms with Crippen molar-refractivity contribution in [1.82, 2.24) is 14.5 Å². The molecular weight excluding hydrogens is 314 g/mol. The van der Waals surface area contributed by atoms with Gasteiger partial charge in [0.05, 0.1) is 6.20 Å². The minimum absolute atomic E-state index is 0.172. The number of rotatable bonds is 7. The van der Waals surface area contributed by atoms with E-state index in [9.17, 15) is 13.2 Å². The Bertz CT molecular complexity index is 733. The van der Waals surface area contributed by atoms with Crippen molar-refractivity contribution in [3.8, 4) is 0 Å². The van der Waals surface area contributed by atoms with Gasteiger partial charge < -0.3 is 5.11 Å². The molecule has 0 spiro atoms. The molecule has 0 atom stereocenters. The summed E-state index contributed by atoms with van der Waals surface area (Å²) < 4.78 is 28.2. The van der Waals surface area contributed by atoms with E-state index in [0.29, 0.717) is 12.8 Å². The van der Waals surface area contributed by atoms with E-state index in [0.717, 1.165) is 16.9 Å². The number of thiophene rings is 1. The zero-order valence-electron chi connectivity index (χ0n) is 11.3. The molecule has 0 aliphatic heterocycles. The third-order valence-electron chi connectivity index (χ3n) is 2.81. The second-order valence-electron chi connectivity index (χ2n) is 4.44. The molecule has 0 aliphatic rings. The molecule has 2 heterocycles. The summed E-state index contributed by atoms with van der Waals surface area (Å²) in [7, 11) is -1.97. The number of carbonyl (C=O) groups is 1. The Morgan fingerprint density at radius 1 is 1.52 bits per heavy atom. The zero-order chi connectivity index (χ0) is 15.5. The lowest BCUT2D eigenvalue weighted by Crippen LogP contribution is -2.26. The summed E-state index contributed by atoms with van der Waals surface area (Å²) in [6.07, 6.45) is 4.91. The standard InChI is InChI=1S/C12H15N3O4S2/c1-15-8-9(7-13-15)3-2-5-14-21(18,19)10-4-6-20-11(10)12(16)17/h4,6-8,14H,2-3,5H2,1H3,(H,16,17). The monoisotopic (exact) mass is 329 g/mol. The van der Waals surface area contributed by atoms with Gasteiger partial charge in [-0.15, -0.1) is 11.3 Å². The van der Waals surface area contributed by atoms with Crippen LogP contribution in [0.2, 0.25) is 0 Å². The van der Waals surface area contributed by atoms with Crippen LogP contribution in [-0.4, -0.2) is 35.8 Å². The summed E-state index contributed by atoms with van der Waals surface area (Å²) in [5.41, 5.74) is 1.03. The topological polar surface area (TPSA) is 101 Å². The van der Waals surface area contributed by atoms with Crippen LogP contribution >= 0.6 is 11.3 Å². The molecule has 114 valence electrons. The second kappa shape index (κ2) is 6.37. The van der Waals surface area contributed by atoms with E-state index in [1.165, 1.54) is 11.4 Å². The van der Waals surface area contributed by atoms with Gasteiger partial charge >= 0.3 is 5.97 Å². The molecule has 0 bridgehead atoms. The molecule has 0 saturated heterocycles. The molecule has 7 nitrogen and oxygen atoms in total. The van der Waals surface area contributed by atoms with Crippen molar-refractivity contribution in [3.63, 3.8) is 0 Å². The third kappa shape index (κ3) is 3.90. The molecule has 0 unspecified atom stereocenters. The maximum Gasteiger partial charge on any atom is 0.347 e. The number of nitrogens with zero attached hydrogens (tertiary/aromatic N) is 2. The lowest BCUT2D eigenvalue weighted by Gasteiger charge is -2.05. The van der Waals surface area contributed by atoms with E-state index in [1.807, 2.05) is 13.2 Å². The molecule has 2 aromatic rings. The van der Waals surface area contributed by atoms with Gasteiger partial charge in [0.2, 0.25) is 10.0 Å². The maximum atomic E-state index is 12.0. The van der Waals surface area contributed by atoms with Gasteiger partial charge in [0, 0.05) is 19.8 Å². The summed E-state index contributed by atoms with van der Waals surface area (Å²) in [6.45, 7) is 0.242. The lowest BCUT2D eigenvalue weighted by atomic mass is 10.2. The molecule has 0 fully saturated rings. The molecule has 0 amide bonds. The van der Waals surface area contributed by atoms with Crippen LogP contribution in [0.4, 0.5) is 0 Å². The number of aryl methyl sites for hydroxylation is 2. The SMILES string of the molecule is Cn1cc(CCCNS(=O)(=O)c2ccsc2C(=O)O)cn1. The Labute approximate surface area is 126 Å². The molecule has 2 N–H and O–H groups in total. The zero-order valence-corrected chi connectivity index (χ0v) is 12.9. The normalized spacial score (nSPS) is 11.7. The number of hydrogen-bond donors (Lipinski definition) is 2. The fourth-order valence-electron chi connectivity index (χ4n) is 1.84. The van der Waals surface area contributed by atoms with Crippen molar-refractivity contribution in [2.75, 3.05) is 6.54 Å². The Balaban J connectivity index is 1.92. The molecular formula is C12H15N3O4S2. The van der Waals surface area contributed by atoms with E-state index < -0.39 is 16.0 Å². The Kier molecular flexibility index (Phi) is 4.76. The second-order valence-corrected chi connectivity index (χ2v) is 7.09. The number of nitrogens with one attached hydrogen (secondary N) is 1. The molecule has 2 rings (SSSR count). The minimum atomic E-state index is -3.78. The smallest absolute Gasteiger partial charge is 0.347 e. The Morgan fingerprint density at radius 3 is 2.90 bits per heavy atom. The van der Waals surface area contributed by atoms with E-state index >= 15 is 0 Å². The van der Waals surface area contributed by atoms with Crippen LogP contribution in [0.15, 0.2) is 28.7 Å². The third-order valence-corrected chi connectivity index (χ3v) is 5.34. The number of carboxylic acid groups (broad SMARTS) is 1. The molecule has 2 aromatic heterocycles. The summed E-state index contributed by atoms with van der Waals surface area (Å²) in [5, 5.41) is 14.4. The summed E-state index contributed by atoms with van der Waals surface area (Å²) in [6, 6.07) is 1.30. The van der Waals surface area contributed by atoms with Crippen LogP contribution < -0.4 is 4.72 Å². The number of hydrogen-bond acceptors (Lipinski definition) is 5. The fourth-order valence-corrected chi connectivity index (χ4v) is 4.17. The largest absolute Gasteiger partial charge is 0.477 e. The molecule has 0 radical (unpaired) electrons. The number of aromatic carboxylic acids is 1. The predicted octanol–water partition coefficient (Wildman–Crippen LogP) is 1.09. The van der Waals surface area contributed by atoms with E-state index in [1.54, 1.807) is 10.9 Å². The van der Waals surface area contributed by atoms with Crippen LogP contribution in [0.25, 0.3) is 0 Å². The van der Waals surface area contributed by atoms with Crippen LogP contribution in [0, 0.1) is 0 Å². The minimum Gasteiger partial charge on any atom is -0.477 e. The van der Waals surface area contributed by atoms with Crippen LogP contribution in [0.5, 0.6) is 0 Å². The first kappa shape index (κ1) is 15.7. The van der Waals surface area contributed by atoms with Gasteiger partial charge in [-0.25, -0.2) is 17.9 Å². The number of aromatic nitrogens is 2. The van der Waals surface area contributed by atoms with Gasteiger partial charge in [0.25, 0.3) is 0 Å². The van der Waals surface area contributed by atoms with Gasteiger partial charge in [-0.3, -0.25) is 4.68 Å². The van der Waals surface area contributed by atoms with E-state index in [4.69, 9.17) is 5.11 Å². The highest BCUT2D eigenvalue weighted by atomic mass is 32.2. The highest BCUT2D eigenvalue weighted by Crippen LogP contribution is 2.21. The average Bonchev–Trinajstić information content (AvgIpc) is 3.03. The van der Waals surface area contributed by atoms with Crippen molar-refractivity contribution >= 4 is 27.3 Å². The molecule has 9 heteroatoms. The van der Waals surface area contributed by atoms with Gasteiger partial charge in [0.15, 0.2) is 0 Å². The highest BCUT2D eigenvalue weighted by molar-refractivity contribution is 7.89. The highest BCUT2D eigenvalue weighted by Gasteiger charge is 2.23. The average molecular weight is 329 g/mol. The molecule has 0 aliphatic carbocycles. The maximum absolute atomic E-state index is 12.0. The Hall–Kier alpha value is -1.71. The first-order valence-corrected chi connectivity index (χ1v) is 8.54. The number of sulfonamides is 1. The van der Waals surface area contributed by atoms with Gasteiger partial charge in [-0.05, 0) is 29.9 Å². The van der Waals surface area contributed by atoms with Gasteiger partial charge in [0.1, 0.15) is 9.77 Å². The quantitative estimate of drug-likeness (QED) is 0.741. The van der Waals surface area contributed by atoms with Crippen molar-refractivity contribution in [3.05, 3.63) is 34.3 Å². The van der Waals surface area contributed by atoms with Crippen molar-refractivity contribution < 1.29 is 18.3 Å². The van der Waals surface area contributed by atoms with Crippen LogP contribution in [0.3, 0.4) is 0 Å². The van der Waals surface area contributed by atoms with Crippen molar-refractivity contribution in [2.24, 2.45) is 7.05 Å².